The van der Waals surface area contributed by atoms with Crippen molar-refractivity contribution in [1.29, 1.82) is 0 Å². The molecular formula is C45H64N6O4. The Hall–Kier alpha value is -3.90. The molecule has 2 aliphatic heterocycles. The third kappa shape index (κ3) is 11.3. The van der Waals surface area contributed by atoms with Gasteiger partial charge in [0.25, 0.3) is 11.8 Å². The van der Waals surface area contributed by atoms with E-state index in [0.717, 1.165) is 110 Å². The monoisotopic (exact) mass is 752 g/mol. The van der Waals surface area contributed by atoms with Gasteiger partial charge in [-0.15, -0.1) is 0 Å². The molecule has 0 bridgehead atoms. The molecule has 6 N–H and O–H groups in total. The molecule has 10 heteroatoms. The molecule has 10 nitrogen and oxygen atoms in total. The van der Waals surface area contributed by atoms with Gasteiger partial charge < -0.3 is 31.5 Å². The van der Waals surface area contributed by atoms with Crippen molar-refractivity contribution < 1.29 is 19.8 Å². The molecule has 2 saturated heterocycles. The van der Waals surface area contributed by atoms with Gasteiger partial charge in [-0.3, -0.25) is 19.4 Å². The summed E-state index contributed by atoms with van der Waals surface area (Å²) in [6, 6.07) is 28.4. The summed E-state index contributed by atoms with van der Waals surface area (Å²) in [7, 11) is 0. The number of hydrogen-bond donors (Lipinski definition) is 4. The summed E-state index contributed by atoms with van der Waals surface area (Å²) in [5, 5.41) is 22.7. The first-order valence-electron chi connectivity index (χ1n) is 20.5. The molecule has 0 radical (unpaired) electrons. The van der Waals surface area contributed by atoms with Crippen LogP contribution < -0.4 is 11.5 Å². The highest BCUT2D eigenvalue weighted by atomic mass is 16.3. The number of unbranched alkanes of at least 4 members (excludes halogenated alkanes) is 2. The highest BCUT2D eigenvalue weighted by Crippen LogP contribution is 2.25. The van der Waals surface area contributed by atoms with E-state index in [1.165, 1.54) is 0 Å². The number of hydrogen-bond acceptors (Lipinski definition) is 8. The smallest absolute Gasteiger partial charge is 0.254 e. The van der Waals surface area contributed by atoms with Crippen LogP contribution in [-0.4, -0.2) is 131 Å². The van der Waals surface area contributed by atoms with Gasteiger partial charge in [-0.25, -0.2) is 0 Å². The molecule has 298 valence electrons. The lowest BCUT2D eigenvalue weighted by molar-refractivity contribution is 0.0420. The zero-order valence-electron chi connectivity index (χ0n) is 33.1. The van der Waals surface area contributed by atoms with Crippen LogP contribution in [0.1, 0.15) is 79.5 Å². The Labute approximate surface area is 328 Å². The lowest BCUT2D eigenvalue weighted by Crippen LogP contribution is -2.57. The first-order valence-corrected chi connectivity index (χ1v) is 20.5. The predicted molar refractivity (Wildman–Crippen MR) is 224 cm³/mol. The van der Waals surface area contributed by atoms with Gasteiger partial charge in [-0.1, -0.05) is 112 Å². The van der Waals surface area contributed by atoms with Crippen LogP contribution in [0.3, 0.4) is 0 Å². The Morgan fingerprint density at radius 3 is 1.51 bits per heavy atom. The number of nitrogens with zero attached hydrogens (tertiary/aromatic N) is 4. The zero-order valence-corrected chi connectivity index (χ0v) is 33.1. The van der Waals surface area contributed by atoms with E-state index in [1.807, 2.05) is 82.6 Å². The van der Waals surface area contributed by atoms with Gasteiger partial charge in [0.2, 0.25) is 0 Å². The molecule has 2 heterocycles. The molecule has 0 aromatic heterocycles. The van der Waals surface area contributed by atoms with E-state index in [1.54, 1.807) is 0 Å². The number of fused-ring (bicyclic) bond motifs is 2. The second-order valence-corrected chi connectivity index (χ2v) is 15.4. The largest absolute Gasteiger partial charge is 0.396 e. The number of carbonyl (C=O) groups excluding carboxylic acids is 2. The minimum Gasteiger partial charge on any atom is -0.396 e. The zero-order chi connectivity index (χ0) is 39.2. The molecule has 4 aromatic rings. The van der Waals surface area contributed by atoms with Crippen molar-refractivity contribution in [2.75, 3.05) is 65.6 Å². The van der Waals surface area contributed by atoms with Crippen molar-refractivity contribution in [3.8, 4) is 0 Å². The number of carbonyl (C=O) groups is 2. The molecule has 55 heavy (non-hydrogen) atoms. The molecule has 0 aliphatic carbocycles. The number of benzene rings is 4. The number of piperazine rings is 2. The number of aliphatic hydroxyl groups excluding tert-OH is 2. The molecule has 4 aromatic carbocycles. The van der Waals surface area contributed by atoms with Gasteiger partial charge in [0.15, 0.2) is 0 Å². The quantitative estimate of drug-likeness (QED) is 0.128. The Balaban J connectivity index is 0.000000211. The van der Waals surface area contributed by atoms with Crippen LogP contribution in [0, 0.1) is 0 Å². The normalized spacial score (nSPS) is 19.2. The Morgan fingerprint density at radius 1 is 0.636 bits per heavy atom. The van der Waals surface area contributed by atoms with Crippen LogP contribution in [0.25, 0.3) is 21.5 Å². The van der Waals surface area contributed by atoms with Crippen molar-refractivity contribution in [2.24, 2.45) is 11.5 Å². The van der Waals surface area contributed by atoms with Crippen molar-refractivity contribution in [3.05, 3.63) is 96.1 Å². The Morgan fingerprint density at radius 2 is 1.07 bits per heavy atom. The van der Waals surface area contributed by atoms with E-state index in [2.05, 4.69) is 35.8 Å². The van der Waals surface area contributed by atoms with E-state index in [4.69, 9.17) is 16.6 Å². The van der Waals surface area contributed by atoms with Crippen LogP contribution in [0.4, 0.5) is 0 Å². The SMILES string of the molecule is CCCC[C@H]1CN(C(=O)c2cccc3ccccc23)CCN1C[C@@H](N)CO.CCCC[C@H]1CN(C(=O)c2cccc3ccccc23)CCN1C[C@H](N)CCO. The van der Waals surface area contributed by atoms with Gasteiger partial charge in [0, 0.05) is 94.3 Å². The summed E-state index contributed by atoms with van der Waals surface area (Å²) in [5.41, 5.74) is 13.7. The minimum absolute atomic E-state index is 0.00432. The lowest BCUT2D eigenvalue weighted by Gasteiger charge is -2.42. The summed E-state index contributed by atoms with van der Waals surface area (Å²) < 4.78 is 0. The molecule has 0 saturated carbocycles. The highest BCUT2D eigenvalue weighted by Gasteiger charge is 2.32. The van der Waals surface area contributed by atoms with Crippen LogP contribution >= 0.6 is 0 Å². The maximum absolute atomic E-state index is 13.3. The summed E-state index contributed by atoms with van der Waals surface area (Å²) in [4.78, 5) is 35.3. The minimum atomic E-state index is -0.227. The predicted octanol–water partition coefficient (Wildman–Crippen LogP) is 5.34. The van der Waals surface area contributed by atoms with Gasteiger partial charge in [0.1, 0.15) is 0 Å². The second-order valence-electron chi connectivity index (χ2n) is 15.4. The number of rotatable bonds is 15. The second kappa shape index (κ2) is 21.4. The maximum Gasteiger partial charge on any atom is 0.254 e. The average Bonchev–Trinajstić information content (AvgIpc) is 3.22. The van der Waals surface area contributed by atoms with E-state index in [-0.39, 0.29) is 37.1 Å². The van der Waals surface area contributed by atoms with Crippen molar-refractivity contribution in [1.82, 2.24) is 19.6 Å². The summed E-state index contributed by atoms with van der Waals surface area (Å²) in [5.74, 6) is 0.233. The van der Waals surface area contributed by atoms with Crippen molar-refractivity contribution in [3.63, 3.8) is 0 Å². The summed E-state index contributed by atoms with van der Waals surface area (Å²) in [6.07, 6.45) is 7.29. The first kappa shape index (κ1) is 42.2. The molecular weight excluding hydrogens is 689 g/mol. The van der Waals surface area contributed by atoms with Gasteiger partial charge in [-0.2, -0.15) is 0 Å². The van der Waals surface area contributed by atoms with Gasteiger partial charge in [0.05, 0.1) is 6.61 Å². The molecule has 6 rings (SSSR count). The fourth-order valence-corrected chi connectivity index (χ4v) is 8.14. The number of amides is 2. The van der Waals surface area contributed by atoms with E-state index < -0.39 is 0 Å². The molecule has 4 atom stereocenters. The number of aliphatic hydroxyl groups is 2. The summed E-state index contributed by atoms with van der Waals surface area (Å²) in [6.45, 7) is 10.5. The third-order valence-electron chi connectivity index (χ3n) is 11.3. The Bertz CT molecular complexity index is 1790. The summed E-state index contributed by atoms with van der Waals surface area (Å²) >= 11 is 0. The highest BCUT2D eigenvalue weighted by molar-refractivity contribution is 6.08. The van der Waals surface area contributed by atoms with E-state index in [0.29, 0.717) is 31.6 Å². The van der Waals surface area contributed by atoms with Crippen LogP contribution in [-0.2, 0) is 0 Å². The standard InChI is InChI=1S/C23H33N3O2.C22H31N3O2/c1-2-3-9-20-17-26(14-13-25(20)16-19(24)12-15-27)23(28)22-11-6-8-18-7-4-5-10-21(18)22;1-2-3-9-19-15-25(13-12-24(19)14-18(23)16-26)22(27)21-11-6-8-17-7-4-5-10-20(17)21/h4-8,10-11,19-20,27H,2-3,9,12-17,24H2,1H3;4-8,10-11,18-19,26H,2-3,9,12-16,23H2,1H3/t19-,20+;18-,19+/m11/s1. The molecule has 0 unspecified atom stereocenters. The van der Waals surface area contributed by atoms with Gasteiger partial charge in [-0.05, 0) is 52.9 Å². The van der Waals surface area contributed by atoms with Crippen LogP contribution in [0.5, 0.6) is 0 Å². The van der Waals surface area contributed by atoms with Crippen LogP contribution in [0.2, 0.25) is 0 Å². The molecule has 2 fully saturated rings. The first-order chi connectivity index (χ1) is 26.8. The topological polar surface area (TPSA) is 140 Å². The molecule has 0 spiro atoms. The molecule has 2 aliphatic rings. The van der Waals surface area contributed by atoms with Gasteiger partial charge >= 0.3 is 0 Å². The van der Waals surface area contributed by atoms with Crippen molar-refractivity contribution in [2.45, 2.75) is 83.0 Å². The van der Waals surface area contributed by atoms with Crippen molar-refractivity contribution >= 4 is 33.4 Å². The Kier molecular flexibility index (Phi) is 16.4. The van der Waals surface area contributed by atoms with E-state index >= 15 is 0 Å². The van der Waals surface area contributed by atoms with E-state index in [9.17, 15) is 14.7 Å². The van der Waals surface area contributed by atoms with Crippen LogP contribution in [0.15, 0.2) is 84.9 Å². The molecule has 2 amide bonds. The number of nitrogens with two attached hydrogens (primary N) is 2. The third-order valence-corrected chi connectivity index (χ3v) is 11.3. The lowest BCUT2D eigenvalue weighted by atomic mass is 10.0. The average molecular weight is 753 g/mol. The fourth-order valence-electron chi connectivity index (χ4n) is 8.14. The fraction of sp³-hybridized carbons (Fsp3) is 0.511. The maximum atomic E-state index is 13.3.